The van der Waals surface area contributed by atoms with Crippen LogP contribution in [-0.2, 0) is 13.0 Å². The third kappa shape index (κ3) is 2.77. The van der Waals surface area contributed by atoms with Gasteiger partial charge in [0.25, 0.3) is 0 Å². The van der Waals surface area contributed by atoms with Gasteiger partial charge in [0, 0.05) is 32.4 Å². The molecule has 0 radical (unpaired) electrons. The predicted molar refractivity (Wildman–Crippen MR) is 80.7 cm³/mol. The predicted octanol–water partition coefficient (Wildman–Crippen LogP) is 1.72. The molecule has 0 amide bonds. The number of nitrogens with zero attached hydrogens (tertiary/aromatic N) is 2. The topological polar surface area (TPSA) is 18.5 Å². The third-order valence-electron chi connectivity index (χ3n) is 4.55. The fourth-order valence-electron chi connectivity index (χ4n) is 3.53. The van der Waals surface area contributed by atoms with Crippen LogP contribution in [-0.4, -0.2) is 45.2 Å². The van der Waals surface area contributed by atoms with Gasteiger partial charge < -0.3 is 15.1 Å². The van der Waals surface area contributed by atoms with Crippen molar-refractivity contribution < 1.29 is 0 Å². The Hall–Kier alpha value is -1.06. The van der Waals surface area contributed by atoms with Crippen molar-refractivity contribution in [3.8, 4) is 0 Å². The maximum Gasteiger partial charge on any atom is 0.0400 e. The van der Waals surface area contributed by atoms with Crippen molar-refractivity contribution in [2.45, 2.75) is 19.4 Å². The zero-order valence-electron chi connectivity index (χ0n) is 12.2. The highest BCUT2D eigenvalue weighted by atomic mass is 15.2. The summed E-state index contributed by atoms with van der Waals surface area (Å²) in [5.41, 5.74) is 4.50. The van der Waals surface area contributed by atoms with Gasteiger partial charge in [-0.3, -0.25) is 0 Å². The molecule has 1 fully saturated rings. The highest BCUT2D eigenvalue weighted by Crippen LogP contribution is 2.27. The molecule has 2 aliphatic heterocycles. The van der Waals surface area contributed by atoms with Gasteiger partial charge in [0.1, 0.15) is 0 Å². The molecule has 0 bridgehead atoms. The Bertz CT molecular complexity index is 444. The Morgan fingerprint density at radius 1 is 1.42 bits per heavy atom. The average molecular weight is 259 g/mol. The van der Waals surface area contributed by atoms with Gasteiger partial charge >= 0.3 is 0 Å². The number of nitrogens with one attached hydrogen (secondary N) is 1. The first-order valence-corrected chi connectivity index (χ1v) is 7.45. The lowest BCUT2D eigenvalue weighted by molar-refractivity contribution is 0.396. The summed E-state index contributed by atoms with van der Waals surface area (Å²) in [7, 11) is 4.49. The smallest absolute Gasteiger partial charge is 0.0400 e. The Labute approximate surface area is 116 Å². The lowest BCUT2D eigenvalue weighted by Crippen LogP contribution is -2.30. The van der Waals surface area contributed by atoms with Crippen LogP contribution in [0.1, 0.15) is 17.5 Å². The zero-order valence-corrected chi connectivity index (χ0v) is 12.2. The molecule has 1 aromatic carbocycles. The summed E-state index contributed by atoms with van der Waals surface area (Å²) in [6, 6.07) is 6.77. The highest BCUT2D eigenvalue weighted by molar-refractivity contribution is 5.57. The molecule has 0 aromatic heterocycles. The Kier molecular flexibility index (Phi) is 3.76. The zero-order chi connectivity index (χ0) is 13.2. The van der Waals surface area contributed by atoms with Crippen molar-refractivity contribution in [1.29, 1.82) is 0 Å². The lowest BCUT2D eigenvalue weighted by atomic mass is 9.98. The van der Waals surface area contributed by atoms with E-state index in [1.54, 1.807) is 5.56 Å². The molecule has 0 saturated carbocycles. The second-order valence-corrected chi connectivity index (χ2v) is 6.14. The largest absolute Gasteiger partial charge is 0.374 e. The van der Waals surface area contributed by atoms with Crippen molar-refractivity contribution in [2.75, 3.05) is 45.2 Å². The van der Waals surface area contributed by atoms with Crippen molar-refractivity contribution in [2.24, 2.45) is 5.92 Å². The third-order valence-corrected chi connectivity index (χ3v) is 4.55. The van der Waals surface area contributed by atoms with Crippen LogP contribution in [0.3, 0.4) is 0 Å². The van der Waals surface area contributed by atoms with E-state index in [1.807, 2.05) is 0 Å². The number of fused-ring (bicyclic) bond motifs is 1. The van der Waals surface area contributed by atoms with E-state index in [2.05, 4.69) is 47.4 Å². The van der Waals surface area contributed by atoms with Gasteiger partial charge in [0.15, 0.2) is 0 Å². The van der Waals surface area contributed by atoms with E-state index in [0.29, 0.717) is 0 Å². The number of likely N-dealkylation sites (tertiary alicyclic amines) is 1. The van der Waals surface area contributed by atoms with Crippen molar-refractivity contribution in [3.05, 3.63) is 29.3 Å². The molecule has 3 rings (SSSR count). The summed E-state index contributed by atoms with van der Waals surface area (Å²) in [5, 5.41) is 3.46. The molecular weight excluding hydrogens is 234 g/mol. The molecule has 19 heavy (non-hydrogen) atoms. The van der Waals surface area contributed by atoms with Gasteiger partial charge in [0.2, 0.25) is 0 Å². The Morgan fingerprint density at radius 2 is 2.32 bits per heavy atom. The van der Waals surface area contributed by atoms with E-state index in [-0.39, 0.29) is 0 Å². The fraction of sp³-hybridized carbons (Fsp3) is 0.625. The van der Waals surface area contributed by atoms with Crippen LogP contribution in [0.25, 0.3) is 0 Å². The van der Waals surface area contributed by atoms with Gasteiger partial charge in [-0.25, -0.2) is 0 Å². The average Bonchev–Trinajstić information content (AvgIpc) is 2.83. The minimum absolute atomic E-state index is 0.826. The molecule has 1 aromatic rings. The molecule has 104 valence electrons. The van der Waals surface area contributed by atoms with E-state index in [9.17, 15) is 0 Å². The first-order chi connectivity index (χ1) is 9.24. The van der Waals surface area contributed by atoms with E-state index in [1.165, 1.54) is 43.7 Å². The maximum absolute atomic E-state index is 3.46. The molecule has 0 aliphatic carbocycles. The molecule has 0 spiro atoms. The molecule has 1 atom stereocenters. The van der Waals surface area contributed by atoms with E-state index >= 15 is 0 Å². The first kappa shape index (κ1) is 12.9. The summed E-state index contributed by atoms with van der Waals surface area (Å²) in [6.07, 6.45) is 2.51. The lowest BCUT2D eigenvalue weighted by Gasteiger charge is -2.28. The minimum atomic E-state index is 0.826. The standard InChI is InChI=1S/C16H25N3/c1-18-9-7-13(11-18)12-19(2)16-5-3-4-14-10-17-8-6-15(14)16/h3-5,13,17H,6-12H2,1-2H3. The second kappa shape index (κ2) is 5.51. The fourth-order valence-corrected chi connectivity index (χ4v) is 3.53. The minimum Gasteiger partial charge on any atom is -0.374 e. The molecule has 3 nitrogen and oxygen atoms in total. The van der Waals surface area contributed by atoms with Crippen LogP contribution in [0.5, 0.6) is 0 Å². The Balaban J connectivity index is 1.74. The number of hydrogen-bond donors (Lipinski definition) is 1. The first-order valence-electron chi connectivity index (χ1n) is 7.45. The van der Waals surface area contributed by atoms with Crippen LogP contribution in [0, 0.1) is 5.92 Å². The normalized spacial score (nSPS) is 23.4. The van der Waals surface area contributed by atoms with Crippen molar-refractivity contribution in [3.63, 3.8) is 0 Å². The van der Waals surface area contributed by atoms with Gasteiger partial charge in [-0.15, -0.1) is 0 Å². The molecule has 2 aliphatic rings. The van der Waals surface area contributed by atoms with Crippen LogP contribution >= 0.6 is 0 Å². The van der Waals surface area contributed by atoms with Crippen LogP contribution in [0.15, 0.2) is 18.2 Å². The Morgan fingerprint density at radius 3 is 3.11 bits per heavy atom. The van der Waals surface area contributed by atoms with Crippen LogP contribution < -0.4 is 10.2 Å². The van der Waals surface area contributed by atoms with Crippen molar-refractivity contribution in [1.82, 2.24) is 10.2 Å². The summed E-state index contributed by atoms with van der Waals surface area (Å²) >= 11 is 0. The molecule has 1 saturated heterocycles. The molecule has 2 heterocycles. The monoisotopic (exact) mass is 259 g/mol. The molecule has 3 heteroatoms. The number of rotatable bonds is 3. The van der Waals surface area contributed by atoms with E-state index < -0.39 is 0 Å². The summed E-state index contributed by atoms with van der Waals surface area (Å²) in [5.74, 6) is 0.826. The van der Waals surface area contributed by atoms with Gasteiger partial charge in [-0.2, -0.15) is 0 Å². The van der Waals surface area contributed by atoms with Crippen molar-refractivity contribution >= 4 is 5.69 Å². The molecular formula is C16H25N3. The number of benzene rings is 1. The van der Waals surface area contributed by atoms with Gasteiger partial charge in [-0.05, 0) is 56.1 Å². The number of anilines is 1. The highest BCUT2D eigenvalue weighted by Gasteiger charge is 2.22. The van der Waals surface area contributed by atoms with E-state index in [4.69, 9.17) is 0 Å². The quantitative estimate of drug-likeness (QED) is 0.892. The summed E-state index contributed by atoms with van der Waals surface area (Å²) < 4.78 is 0. The van der Waals surface area contributed by atoms with Crippen LogP contribution in [0.4, 0.5) is 5.69 Å². The van der Waals surface area contributed by atoms with Gasteiger partial charge in [0.05, 0.1) is 0 Å². The SMILES string of the molecule is CN1CCC(CN(C)c2cccc3c2CCNC3)C1. The number of hydrogen-bond acceptors (Lipinski definition) is 3. The second-order valence-electron chi connectivity index (χ2n) is 6.14. The van der Waals surface area contributed by atoms with E-state index in [0.717, 1.165) is 19.0 Å². The van der Waals surface area contributed by atoms with Gasteiger partial charge in [-0.1, -0.05) is 12.1 Å². The summed E-state index contributed by atoms with van der Waals surface area (Å²) in [6.45, 7) is 5.84. The maximum atomic E-state index is 3.46. The summed E-state index contributed by atoms with van der Waals surface area (Å²) in [4.78, 5) is 4.93. The molecule has 1 N–H and O–H groups in total. The van der Waals surface area contributed by atoms with Crippen LogP contribution in [0.2, 0.25) is 0 Å². The molecule has 1 unspecified atom stereocenters.